The van der Waals surface area contributed by atoms with Crippen LogP contribution >= 0.6 is 19.2 Å². The van der Waals surface area contributed by atoms with Crippen LogP contribution in [0.1, 0.15) is 29.5 Å². The predicted molar refractivity (Wildman–Crippen MR) is 121 cm³/mol. The number of aliphatic hydroxyl groups excluding tert-OH is 2. The first kappa shape index (κ1) is 24.8. The molecule has 3 unspecified atom stereocenters. The molecule has 8 nitrogen and oxygen atoms in total. The van der Waals surface area contributed by atoms with Crippen molar-refractivity contribution in [2.45, 2.75) is 43.6 Å². The van der Waals surface area contributed by atoms with E-state index in [9.17, 15) is 29.6 Å². The van der Waals surface area contributed by atoms with Crippen LogP contribution in [-0.4, -0.2) is 43.0 Å². The summed E-state index contributed by atoms with van der Waals surface area (Å²) in [5.74, 6) is -0.190. The maximum atomic E-state index is 11.5. The molecule has 2 aromatic rings. The number of rotatable bonds is 9. The highest BCUT2D eigenvalue weighted by atomic mass is 35.5. The quantitative estimate of drug-likeness (QED) is 0.186. The fourth-order valence-electron chi connectivity index (χ4n) is 4.57. The van der Waals surface area contributed by atoms with Crippen LogP contribution in [0.15, 0.2) is 42.5 Å². The Balaban J connectivity index is 1.77. The molecule has 32 heavy (non-hydrogen) atoms. The van der Waals surface area contributed by atoms with Crippen molar-refractivity contribution in [1.82, 2.24) is 0 Å². The van der Waals surface area contributed by atoms with Crippen LogP contribution in [0.2, 0.25) is 0 Å². The van der Waals surface area contributed by atoms with Gasteiger partial charge in [-0.05, 0) is 61.1 Å². The summed E-state index contributed by atoms with van der Waals surface area (Å²) in [5, 5.41) is 30.6. The van der Waals surface area contributed by atoms with Crippen molar-refractivity contribution in [1.29, 1.82) is 0 Å². The smallest absolute Gasteiger partial charge is 0.356 e. The summed E-state index contributed by atoms with van der Waals surface area (Å²) in [6.07, 6.45) is 1.76. The van der Waals surface area contributed by atoms with Crippen LogP contribution in [-0.2, 0) is 23.8 Å². The van der Waals surface area contributed by atoms with E-state index in [2.05, 4.69) is 0 Å². The summed E-state index contributed by atoms with van der Waals surface area (Å²) in [6.45, 7) is 0.0614. The molecule has 1 aliphatic carbocycles. The minimum Gasteiger partial charge on any atom is -0.396 e. The summed E-state index contributed by atoms with van der Waals surface area (Å²) >= 11 is 6.56. The molecule has 10 heteroatoms. The first-order valence-electron chi connectivity index (χ1n) is 10.4. The van der Waals surface area contributed by atoms with Crippen molar-refractivity contribution < 1.29 is 29.5 Å². The van der Waals surface area contributed by atoms with Crippen molar-refractivity contribution in [3.63, 3.8) is 0 Å². The van der Waals surface area contributed by atoms with Crippen LogP contribution in [0, 0.1) is 22.0 Å². The molecular formula is C22H27ClNO7P. The standard InChI is InChI=1S/C22H27ClNO7P/c23-20-13-22(26)18(19(20)11-15-3-1-2-14(10-15)8-9-25)7-5-16-4-6-17(32(29,30)31)12-21(16)24(27)28/h1-4,6,10,12,18-20,22,25-26H,5,7-9,11,13H2,(H2,29,30,31)/t18-,19?,20?,22?/m1/s1. The largest absolute Gasteiger partial charge is 0.396 e. The van der Waals surface area contributed by atoms with Gasteiger partial charge in [0.25, 0.3) is 5.69 Å². The SMILES string of the molecule is O=[N+]([O-])c1cc(P(=O)(O)O)ccc1CC[C@H]1C(O)CC(Cl)C1Cc1cccc(CCO)c1. The topological polar surface area (TPSA) is 141 Å². The number of nitrogens with zero attached hydrogens (tertiary/aromatic N) is 1. The maximum Gasteiger partial charge on any atom is 0.356 e. The van der Waals surface area contributed by atoms with Gasteiger partial charge in [-0.15, -0.1) is 11.6 Å². The summed E-state index contributed by atoms with van der Waals surface area (Å²) in [6, 6.07) is 11.4. The molecule has 2 aromatic carbocycles. The summed E-state index contributed by atoms with van der Waals surface area (Å²) in [5.41, 5.74) is 2.10. The predicted octanol–water partition coefficient (Wildman–Crippen LogP) is 2.71. The lowest BCUT2D eigenvalue weighted by Crippen LogP contribution is -2.23. The molecule has 4 atom stereocenters. The van der Waals surface area contributed by atoms with E-state index in [0.29, 0.717) is 31.2 Å². The second-order valence-electron chi connectivity index (χ2n) is 8.30. The van der Waals surface area contributed by atoms with E-state index in [4.69, 9.17) is 16.7 Å². The first-order valence-corrected chi connectivity index (χ1v) is 12.5. The zero-order valence-electron chi connectivity index (χ0n) is 17.4. The minimum absolute atomic E-state index is 0.0236. The van der Waals surface area contributed by atoms with Crippen molar-refractivity contribution in [3.05, 3.63) is 69.3 Å². The highest BCUT2D eigenvalue weighted by molar-refractivity contribution is 7.60. The number of aryl methyl sites for hydroxylation is 1. The lowest BCUT2D eigenvalue weighted by atomic mass is 9.84. The highest BCUT2D eigenvalue weighted by Crippen LogP contribution is 2.41. The zero-order chi connectivity index (χ0) is 23.5. The van der Waals surface area contributed by atoms with Gasteiger partial charge in [0.05, 0.1) is 16.3 Å². The van der Waals surface area contributed by atoms with Gasteiger partial charge in [0.15, 0.2) is 0 Å². The van der Waals surface area contributed by atoms with Gasteiger partial charge in [0, 0.05) is 23.6 Å². The van der Waals surface area contributed by atoms with Gasteiger partial charge in [-0.25, -0.2) is 0 Å². The van der Waals surface area contributed by atoms with Gasteiger partial charge in [-0.3, -0.25) is 14.7 Å². The molecule has 0 saturated heterocycles. The summed E-state index contributed by atoms with van der Waals surface area (Å²) in [4.78, 5) is 29.4. The monoisotopic (exact) mass is 483 g/mol. The third-order valence-electron chi connectivity index (χ3n) is 6.19. The Hall–Kier alpha value is -1.80. The van der Waals surface area contributed by atoms with E-state index in [1.54, 1.807) is 0 Å². The van der Waals surface area contributed by atoms with Gasteiger partial charge in [-0.1, -0.05) is 30.3 Å². The van der Waals surface area contributed by atoms with Crippen LogP contribution in [0.4, 0.5) is 5.69 Å². The Labute approximate surface area is 191 Å². The molecule has 0 heterocycles. The van der Waals surface area contributed by atoms with E-state index in [-0.39, 0.29) is 35.9 Å². The molecule has 1 saturated carbocycles. The second-order valence-corrected chi connectivity index (χ2v) is 10.5. The average molecular weight is 484 g/mol. The van der Waals surface area contributed by atoms with Crippen LogP contribution in [0.25, 0.3) is 0 Å². The second kappa shape index (κ2) is 10.4. The van der Waals surface area contributed by atoms with E-state index in [1.807, 2.05) is 24.3 Å². The van der Waals surface area contributed by atoms with Gasteiger partial charge in [-0.2, -0.15) is 0 Å². The van der Waals surface area contributed by atoms with Gasteiger partial charge >= 0.3 is 7.60 Å². The van der Waals surface area contributed by atoms with Crippen LogP contribution in [0.3, 0.4) is 0 Å². The van der Waals surface area contributed by atoms with Crippen LogP contribution in [0.5, 0.6) is 0 Å². The summed E-state index contributed by atoms with van der Waals surface area (Å²) in [7, 11) is -4.60. The summed E-state index contributed by atoms with van der Waals surface area (Å²) < 4.78 is 11.5. The third-order valence-corrected chi connectivity index (χ3v) is 7.64. The van der Waals surface area contributed by atoms with Crippen LogP contribution < -0.4 is 5.30 Å². The number of nitro groups is 1. The number of halogens is 1. The van der Waals surface area contributed by atoms with E-state index >= 15 is 0 Å². The number of alkyl halides is 1. The fourth-order valence-corrected chi connectivity index (χ4v) is 5.59. The third kappa shape index (κ3) is 5.95. The zero-order valence-corrected chi connectivity index (χ0v) is 19.0. The Morgan fingerprint density at radius 2 is 1.81 bits per heavy atom. The molecule has 0 radical (unpaired) electrons. The van der Waals surface area contributed by atoms with Crippen molar-refractivity contribution >= 4 is 30.2 Å². The number of aliphatic hydroxyl groups is 2. The van der Waals surface area contributed by atoms with E-state index in [1.165, 1.54) is 12.1 Å². The molecule has 1 fully saturated rings. The molecule has 0 aliphatic heterocycles. The van der Waals surface area contributed by atoms with Crippen molar-refractivity contribution in [2.75, 3.05) is 6.61 Å². The Morgan fingerprint density at radius 1 is 1.09 bits per heavy atom. The fraction of sp³-hybridized carbons (Fsp3) is 0.455. The number of hydrogen-bond donors (Lipinski definition) is 4. The molecule has 3 rings (SSSR count). The Bertz CT molecular complexity index is 1010. The number of hydrogen-bond acceptors (Lipinski definition) is 5. The van der Waals surface area contributed by atoms with Gasteiger partial charge < -0.3 is 20.0 Å². The van der Waals surface area contributed by atoms with Gasteiger partial charge in [0.2, 0.25) is 0 Å². The van der Waals surface area contributed by atoms with Crippen molar-refractivity contribution in [2.24, 2.45) is 11.8 Å². The van der Waals surface area contributed by atoms with E-state index < -0.39 is 23.9 Å². The normalized spacial score (nSPS) is 23.4. The lowest BCUT2D eigenvalue weighted by molar-refractivity contribution is -0.385. The molecule has 1 aliphatic rings. The van der Waals surface area contributed by atoms with Gasteiger partial charge in [0.1, 0.15) is 0 Å². The van der Waals surface area contributed by atoms with E-state index in [0.717, 1.165) is 17.2 Å². The Morgan fingerprint density at radius 3 is 2.47 bits per heavy atom. The first-order chi connectivity index (χ1) is 15.1. The highest BCUT2D eigenvalue weighted by Gasteiger charge is 2.41. The molecule has 0 bridgehead atoms. The number of benzene rings is 2. The average Bonchev–Trinajstić information content (AvgIpc) is 2.98. The molecule has 0 aromatic heterocycles. The molecule has 0 amide bonds. The molecule has 0 spiro atoms. The lowest BCUT2D eigenvalue weighted by Gasteiger charge is -2.24. The van der Waals surface area contributed by atoms with Crippen molar-refractivity contribution in [3.8, 4) is 0 Å². The molecular weight excluding hydrogens is 457 g/mol. The molecule has 174 valence electrons. The maximum absolute atomic E-state index is 11.5. The number of nitro benzene ring substituents is 1. The minimum atomic E-state index is -4.60. The Kier molecular flexibility index (Phi) is 8.09. The molecule has 4 N–H and O–H groups in total.